The number of likely N-dealkylation sites (tertiary alicyclic amines) is 1. The van der Waals surface area contributed by atoms with E-state index in [1.807, 2.05) is 13.0 Å². The molecule has 1 saturated heterocycles. The first kappa shape index (κ1) is 18.2. The zero-order chi connectivity index (χ0) is 19.0. The maximum absolute atomic E-state index is 13.0. The summed E-state index contributed by atoms with van der Waals surface area (Å²) in [6.07, 6.45) is 0.424. The number of halogens is 3. The summed E-state index contributed by atoms with van der Waals surface area (Å²) in [5, 5.41) is 7.24. The van der Waals surface area contributed by atoms with Gasteiger partial charge in [0.2, 0.25) is 0 Å². The zero-order valence-electron chi connectivity index (χ0n) is 15.2. The Hall–Kier alpha value is -2.16. The van der Waals surface area contributed by atoms with Crippen molar-refractivity contribution in [2.24, 2.45) is 0 Å². The Morgan fingerprint density at radius 1 is 1.11 bits per heavy atom. The lowest BCUT2D eigenvalue weighted by atomic mass is 10.0. The van der Waals surface area contributed by atoms with Crippen LogP contribution in [0.3, 0.4) is 0 Å². The molecule has 2 aromatic heterocycles. The van der Waals surface area contributed by atoms with Gasteiger partial charge in [0.15, 0.2) is 0 Å². The molecule has 1 aliphatic carbocycles. The van der Waals surface area contributed by atoms with Crippen molar-refractivity contribution in [3.63, 3.8) is 0 Å². The minimum Gasteiger partial charge on any atom is -0.350 e. The number of nitrogens with one attached hydrogen (secondary N) is 1. The van der Waals surface area contributed by atoms with E-state index in [2.05, 4.69) is 30.0 Å². The van der Waals surface area contributed by atoms with Crippen LogP contribution in [-0.2, 0) is 12.7 Å². The number of aryl methyl sites for hydroxylation is 1. The number of H-pyrrole nitrogens is 1. The molecule has 0 amide bonds. The predicted octanol–water partition coefficient (Wildman–Crippen LogP) is 3.16. The second-order valence-corrected chi connectivity index (χ2v) is 7.45. The minimum absolute atomic E-state index is 0.214. The van der Waals surface area contributed by atoms with E-state index in [0.717, 1.165) is 69.1 Å². The highest BCUT2D eigenvalue weighted by Crippen LogP contribution is 2.37. The van der Waals surface area contributed by atoms with Gasteiger partial charge >= 0.3 is 6.18 Å². The maximum atomic E-state index is 13.0. The van der Waals surface area contributed by atoms with Crippen LogP contribution in [0, 0.1) is 6.92 Å². The van der Waals surface area contributed by atoms with Gasteiger partial charge in [-0.1, -0.05) is 0 Å². The number of aromatic nitrogens is 4. The van der Waals surface area contributed by atoms with Crippen LogP contribution in [0.5, 0.6) is 0 Å². The Labute approximate surface area is 155 Å². The van der Waals surface area contributed by atoms with E-state index in [0.29, 0.717) is 11.9 Å². The molecule has 2 aromatic rings. The number of anilines is 1. The van der Waals surface area contributed by atoms with Crippen LogP contribution in [0.25, 0.3) is 0 Å². The molecule has 0 radical (unpaired) electrons. The van der Waals surface area contributed by atoms with Gasteiger partial charge < -0.3 is 4.90 Å². The first-order valence-corrected chi connectivity index (χ1v) is 9.31. The zero-order valence-corrected chi connectivity index (χ0v) is 15.2. The van der Waals surface area contributed by atoms with Crippen molar-refractivity contribution in [2.75, 3.05) is 18.0 Å². The van der Waals surface area contributed by atoms with Crippen molar-refractivity contribution in [1.82, 2.24) is 25.1 Å². The molecule has 1 aliphatic heterocycles. The van der Waals surface area contributed by atoms with Crippen LogP contribution in [0.4, 0.5) is 19.0 Å². The first-order chi connectivity index (χ1) is 12.9. The SMILES string of the molecule is Cc1cc(CN2CCC(N(c3cc(C(F)(F)F)ncn3)C3CC3)CC2)n[nH]1. The third-order valence-corrected chi connectivity index (χ3v) is 5.24. The van der Waals surface area contributed by atoms with Gasteiger partial charge in [-0.15, -0.1) is 0 Å². The van der Waals surface area contributed by atoms with E-state index in [1.54, 1.807) is 0 Å². The molecule has 1 saturated carbocycles. The molecule has 0 spiro atoms. The summed E-state index contributed by atoms with van der Waals surface area (Å²) in [6.45, 7) is 4.58. The summed E-state index contributed by atoms with van der Waals surface area (Å²) in [6, 6.07) is 3.65. The van der Waals surface area contributed by atoms with Crippen molar-refractivity contribution < 1.29 is 13.2 Å². The summed E-state index contributed by atoms with van der Waals surface area (Å²) < 4.78 is 39.1. The molecule has 0 unspecified atom stereocenters. The van der Waals surface area contributed by atoms with Crippen LogP contribution >= 0.6 is 0 Å². The average molecular weight is 380 g/mol. The molecule has 9 heteroatoms. The molecule has 0 bridgehead atoms. The van der Waals surface area contributed by atoms with E-state index in [4.69, 9.17) is 0 Å². The van der Waals surface area contributed by atoms with Gasteiger partial charge in [0.05, 0.1) is 5.69 Å². The van der Waals surface area contributed by atoms with Crippen LogP contribution < -0.4 is 4.90 Å². The summed E-state index contributed by atoms with van der Waals surface area (Å²) in [7, 11) is 0. The predicted molar refractivity (Wildman–Crippen MR) is 94.2 cm³/mol. The van der Waals surface area contributed by atoms with Crippen molar-refractivity contribution in [3.05, 3.63) is 35.5 Å². The third kappa shape index (κ3) is 4.23. The number of hydrogen-bond donors (Lipinski definition) is 1. The van der Waals surface area contributed by atoms with Crippen LogP contribution in [0.15, 0.2) is 18.5 Å². The molecule has 2 fully saturated rings. The molecule has 27 heavy (non-hydrogen) atoms. The third-order valence-electron chi connectivity index (χ3n) is 5.24. The van der Waals surface area contributed by atoms with E-state index in [1.165, 1.54) is 0 Å². The minimum atomic E-state index is -4.45. The van der Waals surface area contributed by atoms with E-state index < -0.39 is 11.9 Å². The Bertz CT molecular complexity index is 777. The molecular weight excluding hydrogens is 357 g/mol. The Morgan fingerprint density at radius 3 is 2.41 bits per heavy atom. The molecule has 6 nitrogen and oxygen atoms in total. The van der Waals surface area contributed by atoms with E-state index >= 15 is 0 Å². The quantitative estimate of drug-likeness (QED) is 0.863. The Kier molecular flexibility index (Phi) is 4.79. The number of rotatable bonds is 5. The smallest absolute Gasteiger partial charge is 0.350 e. The summed E-state index contributed by atoms with van der Waals surface area (Å²) in [5.41, 5.74) is 1.20. The highest BCUT2D eigenvalue weighted by molar-refractivity contribution is 5.44. The highest BCUT2D eigenvalue weighted by atomic mass is 19.4. The van der Waals surface area contributed by atoms with Crippen molar-refractivity contribution >= 4 is 5.82 Å². The van der Waals surface area contributed by atoms with E-state index in [-0.39, 0.29) is 6.04 Å². The van der Waals surface area contributed by atoms with Gasteiger partial charge in [0.1, 0.15) is 17.8 Å². The van der Waals surface area contributed by atoms with Gasteiger partial charge in [0, 0.05) is 43.5 Å². The second-order valence-electron chi connectivity index (χ2n) is 7.45. The molecule has 4 rings (SSSR count). The fourth-order valence-corrected chi connectivity index (χ4v) is 3.81. The summed E-state index contributed by atoms with van der Waals surface area (Å²) in [5.74, 6) is 0.404. The number of piperidine rings is 1. The molecule has 0 aromatic carbocycles. The number of aromatic amines is 1. The van der Waals surface area contributed by atoms with Gasteiger partial charge in [-0.2, -0.15) is 18.3 Å². The lowest BCUT2D eigenvalue weighted by molar-refractivity contribution is -0.141. The average Bonchev–Trinajstić information content (AvgIpc) is 3.38. The Morgan fingerprint density at radius 2 is 1.81 bits per heavy atom. The fraction of sp³-hybridized carbons (Fsp3) is 0.611. The maximum Gasteiger partial charge on any atom is 0.433 e. The number of nitrogens with zero attached hydrogens (tertiary/aromatic N) is 5. The second kappa shape index (κ2) is 7.10. The van der Waals surface area contributed by atoms with E-state index in [9.17, 15) is 13.2 Å². The molecule has 1 N–H and O–H groups in total. The highest BCUT2D eigenvalue weighted by Gasteiger charge is 2.38. The first-order valence-electron chi connectivity index (χ1n) is 9.31. The summed E-state index contributed by atoms with van der Waals surface area (Å²) in [4.78, 5) is 12.0. The standard InChI is InChI=1S/C18H23F3N6/c1-12-8-13(25-24-12)10-26-6-4-15(5-7-26)27(14-2-3-14)17-9-16(18(19,20)21)22-11-23-17/h8-9,11,14-15H,2-7,10H2,1H3,(H,24,25). The van der Waals surface area contributed by atoms with Gasteiger partial charge in [0.25, 0.3) is 0 Å². The van der Waals surface area contributed by atoms with Gasteiger partial charge in [-0.05, 0) is 38.7 Å². The Balaban J connectivity index is 1.44. The number of hydrogen-bond acceptors (Lipinski definition) is 5. The molecule has 0 atom stereocenters. The van der Waals surface area contributed by atoms with Gasteiger partial charge in [-0.25, -0.2) is 9.97 Å². The summed E-state index contributed by atoms with van der Waals surface area (Å²) >= 11 is 0. The van der Waals surface area contributed by atoms with Crippen LogP contribution in [-0.4, -0.2) is 50.2 Å². The van der Waals surface area contributed by atoms with Crippen molar-refractivity contribution in [2.45, 2.75) is 57.4 Å². The normalized spacial score (nSPS) is 19.4. The topological polar surface area (TPSA) is 60.9 Å². The van der Waals surface area contributed by atoms with Crippen molar-refractivity contribution in [1.29, 1.82) is 0 Å². The van der Waals surface area contributed by atoms with Crippen molar-refractivity contribution in [3.8, 4) is 0 Å². The molecule has 2 aliphatic rings. The molecule has 3 heterocycles. The molecular formula is C18H23F3N6. The largest absolute Gasteiger partial charge is 0.433 e. The lowest BCUT2D eigenvalue weighted by Gasteiger charge is -2.39. The van der Waals surface area contributed by atoms with Crippen LogP contribution in [0.1, 0.15) is 42.8 Å². The fourth-order valence-electron chi connectivity index (χ4n) is 3.81. The van der Waals surface area contributed by atoms with Gasteiger partial charge in [-0.3, -0.25) is 10.00 Å². The molecule has 146 valence electrons. The lowest BCUT2D eigenvalue weighted by Crippen LogP contribution is -2.46. The van der Waals surface area contributed by atoms with Crippen LogP contribution in [0.2, 0.25) is 0 Å². The number of alkyl halides is 3. The monoisotopic (exact) mass is 380 g/mol.